The van der Waals surface area contributed by atoms with Gasteiger partial charge in [-0.3, -0.25) is 0 Å². The largest absolute Gasteiger partial charge is 0.478 e. The fraction of sp³-hybridized carbons (Fsp3) is 0.469. The van der Waals surface area contributed by atoms with E-state index in [1.807, 2.05) is 18.2 Å². The van der Waals surface area contributed by atoms with Gasteiger partial charge in [0.25, 0.3) is 0 Å². The molecule has 2 aromatic heterocycles. The maximum atomic E-state index is 14.4. The fourth-order valence-electron chi connectivity index (χ4n) is 7.22. The van der Waals surface area contributed by atoms with Crippen molar-refractivity contribution in [2.75, 3.05) is 6.61 Å². The molecule has 1 unspecified atom stereocenters. The zero-order valence-corrected chi connectivity index (χ0v) is 25.3. The lowest BCUT2D eigenvalue weighted by atomic mass is 9.91. The molecule has 1 N–H and O–H groups in total. The molecule has 2 heterocycles. The molecule has 3 fully saturated rings. The minimum absolute atomic E-state index is 0.0382. The number of aromatic carboxylic acids is 1. The number of rotatable bonds is 10. The Morgan fingerprint density at radius 2 is 1.95 bits per heavy atom. The third-order valence-electron chi connectivity index (χ3n) is 9.41. The average molecular weight is 630 g/mol. The zero-order valence-electron chi connectivity index (χ0n) is 23.0. The summed E-state index contributed by atoms with van der Waals surface area (Å²) < 4.78 is 27.2. The summed E-state index contributed by atoms with van der Waals surface area (Å²) in [5.41, 5.74) is 2.59. The molecule has 10 heteroatoms. The van der Waals surface area contributed by atoms with Gasteiger partial charge < -0.3 is 14.4 Å². The maximum absolute atomic E-state index is 14.4. The first-order valence-electron chi connectivity index (χ1n) is 14.7. The van der Waals surface area contributed by atoms with Crippen LogP contribution in [-0.4, -0.2) is 27.8 Å². The lowest BCUT2D eigenvalue weighted by molar-refractivity contribution is 0.0696. The molecule has 3 aliphatic carbocycles. The van der Waals surface area contributed by atoms with Crippen LogP contribution in [0.5, 0.6) is 0 Å². The molecule has 0 spiro atoms. The molecule has 0 bridgehead atoms. The Bertz CT molecular complexity index is 1630. The lowest BCUT2D eigenvalue weighted by Crippen LogP contribution is -2.16. The Labute approximate surface area is 257 Å². The van der Waals surface area contributed by atoms with E-state index < -0.39 is 11.8 Å². The van der Waals surface area contributed by atoms with E-state index in [4.69, 9.17) is 32.5 Å². The molecular formula is C32H31Cl2FN2O4S. The van der Waals surface area contributed by atoms with Gasteiger partial charge in [0.1, 0.15) is 17.0 Å². The van der Waals surface area contributed by atoms with Crippen LogP contribution in [0.2, 0.25) is 10.0 Å². The number of hydrogen-bond acceptors (Lipinski definition) is 6. The summed E-state index contributed by atoms with van der Waals surface area (Å²) in [5, 5.41) is 15.6. The van der Waals surface area contributed by atoms with Gasteiger partial charge >= 0.3 is 5.97 Å². The second-order valence-electron chi connectivity index (χ2n) is 12.1. The van der Waals surface area contributed by atoms with Crippen molar-refractivity contribution < 1.29 is 23.6 Å². The summed E-state index contributed by atoms with van der Waals surface area (Å²) >= 11 is 14.4. The van der Waals surface area contributed by atoms with Crippen LogP contribution in [0.1, 0.15) is 77.6 Å². The third-order valence-corrected chi connectivity index (χ3v) is 11.1. The zero-order chi connectivity index (χ0) is 29.0. The van der Waals surface area contributed by atoms with Crippen LogP contribution in [0.3, 0.4) is 0 Å². The molecule has 3 saturated carbocycles. The molecule has 3 aliphatic rings. The van der Waals surface area contributed by atoms with Crippen LogP contribution in [0.4, 0.5) is 4.39 Å². The van der Waals surface area contributed by atoms with Gasteiger partial charge in [-0.05, 0) is 99.3 Å². The number of nitrogens with zero attached hydrogens (tertiary/aromatic N) is 2. The highest BCUT2D eigenvalue weighted by atomic mass is 35.5. The Kier molecular flexibility index (Phi) is 7.76. The summed E-state index contributed by atoms with van der Waals surface area (Å²) in [5.74, 6) is 2.13. The van der Waals surface area contributed by atoms with Gasteiger partial charge in [-0.25, -0.2) is 14.2 Å². The van der Waals surface area contributed by atoms with Crippen molar-refractivity contribution in [3.05, 3.63) is 68.1 Å². The number of carbonyl (C=O) groups is 1. The molecule has 7 rings (SSSR count). The van der Waals surface area contributed by atoms with Crippen LogP contribution in [0.15, 0.2) is 34.9 Å². The summed E-state index contributed by atoms with van der Waals surface area (Å²) in [7, 11) is 0. The molecule has 0 radical (unpaired) electrons. The van der Waals surface area contributed by atoms with E-state index in [9.17, 15) is 14.3 Å². The molecule has 6 nitrogen and oxygen atoms in total. The summed E-state index contributed by atoms with van der Waals surface area (Å²) in [4.78, 5) is 15.8. The lowest BCUT2D eigenvalue weighted by Gasteiger charge is -2.19. The van der Waals surface area contributed by atoms with Gasteiger partial charge in [-0.2, -0.15) is 0 Å². The van der Waals surface area contributed by atoms with Crippen molar-refractivity contribution in [2.24, 2.45) is 23.7 Å². The van der Waals surface area contributed by atoms with E-state index in [0.717, 1.165) is 54.0 Å². The molecule has 0 saturated heterocycles. The number of hydrogen-bond donors (Lipinski definition) is 1. The van der Waals surface area contributed by atoms with Crippen molar-refractivity contribution in [1.82, 2.24) is 10.1 Å². The Hall–Kier alpha value is -2.52. The minimum Gasteiger partial charge on any atom is -0.478 e. The second kappa shape index (κ2) is 11.5. The number of carboxylic acids is 1. The SMILES string of the molecule is O=C(O)c1cc(F)c2nc(CCC3C[C@H]4CC[C@H](COCc5c(-c6c(Cl)cccc6Cl)noc5C5CC5)[C@H]4C3)sc2c1. The average Bonchev–Trinajstić information content (AvgIpc) is 3.25. The number of fused-ring (bicyclic) bond motifs is 2. The van der Waals surface area contributed by atoms with E-state index in [1.165, 1.54) is 43.1 Å². The Balaban J connectivity index is 0.970. The number of aryl methyl sites for hydroxylation is 1. The first-order valence-corrected chi connectivity index (χ1v) is 16.3. The van der Waals surface area contributed by atoms with E-state index >= 15 is 0 Å². The highest BCUT2D eigenvalue weighted by Crippen LogP contribution is 2.51. The van der Waals surface area contributed by atoms with Gasteiger partial charge in [0.15, 0.2) is 5.82 Å². The highest BCUT2D eigenvalue weighted by molar-refractivity contribution is 7.18. The van der Waals surface area contributed by atoms with Crippen molar-refractivity contribution in [2.45, 2.75) is 63.9 Å². The number of ether oxygens (including phenoxy) is 1. The van der Waals surface area contributed by atoms with Crippen molar-refractivity contribution in [3.63, 3.8) is 0 Å². The van der Waals surface area contributed by atoms with Gasteiger partial charge in [0.2, 0.25) is 0 Å². The van der Waals surface area contributed by atoms with Crippen molar-refractivity contribution in [1.29, 1.82) is 0 Å². The first-order chi connectivity index (χ1) is 20.4. The van der Waals surface area contributed by atoms with Crippen LogP contribution in [-0.2, 0) is 17.8 Å². The third kappa shape index (κ3) is 5.47. The van der Waals surface area contributed by atoms with E-state index in [-0.39, 0.29) is 11.1 Å². The van der Waals surface area contributed by atoms with E-state index in [1.54, 1.807) is 0 Å². The number of carboxylic acid groups (broad SMARTS) is 1. The number of thiazole rings is 1. The van der Waals surface area contributed by atoms with Crippen LogP contribution in [0, 0.1) is 29.5 Å². The fourth-order valence-corrected chi connectivity index (χ4v) is 8.84. The molecule has 4 aromatic rings. The van der Waals surface area contributed by atoms with E-state index in [0.29, 0.717) is 62.9 Å². The molecule has 220 valence electrons. The smallest absolute Gasteiger partial charge is 0.335 e. The van der Waals surface area contributed by atoms with Crippen LogP contribution in [0.25, 0.3) is 21.5 Å². The standard InChI is InChI=1S/C32H31Cl2FN2O4S/c33-23-2-1-3-24(34)28(23)29-22(31(41-37-29)17-5-6-17)15-40-14-19-8-7-18-10-16(11-21(18)19)4-9-27-36-30-25(35)12-20(32(38)39)13-26(30)42-27/h1-3,12-13,16-19,21H,4-11,14-15H2,(H,38,39)/t16?,18-,19-,21+/m1/s1. The monoisotopic (exact) mass is 628 g/mol. The Morgan fingerprint density at radius 3 is 2.71 bits per heavy atom. The molecule has 0 aliphatic heterocycles. The number of aromatic nitrogens is 2. The van der Waals surface area contributed by atoms with Crippen molar-refractivity contribution >= 4 is 50.7 Å². The first kappa shape index (κ1) is 28.3. The van der Waals surface area contributed by atoms with Crippen molar-refractivity contribution in [3.8, 4) is 11.3 Å². The molecule has 2 aromatic carbocycles. The summed E-state index contributed by atoms with van der Waals surface area (Å²) in [6.07, 6.45) is 8.83. The Morgan fingerprint density at radius 1 is 1.14 bits per heavy atom. The topological polar surface area (TPSA) is 85.5 Å². The maximum Gasteiger partial charge on any atom is 0.335 e. The normalized spacial score (nSPS) is 23.6. The molecular weight excluding hydrogens is 598 g/mol. The second-order valence-corrected chi connectivity index (χ2v) is 14.0. The number of benzene rings is 2. The minimum atomic E-state index is -1.13. The predicted octanol–water partition coefficient (Wildman–Crippen LogP) is 9.17. The van der Waals surface area contributed by atoms with Gasteiger partial charge in [0, 0.05) is 17.0 Å². The number of halogens is 3. The van der Waals surface area contributed by atoms with Crippen LogP contribution >= 0.6 is 34.5 Å². The van der Waals surface area contributed by atoms with Crippen LogP contribution < -0.4 is 0 Å². The van der Waals surface area contributed by atoms with Gasteiger partial charge in [-0.1, -0.05) is 34.4 Å². The predicted molar refractivity (Wildman–Crippen MR) is 161 cm³/mol. The summed E-state index contributed by atoms with van der Waals surface area (Å²) in [6, 6.07) is 8.03. The van der Waals surface area contributed by atoms with E-state index in [2.05, 4.69) is 10.1 Å². The van der Waals surface area contributed by atoms with Gasteiger partial charge in [-0.15, -0.1) is 11.3 Å². The molecule has 0 amide bonds. The highest BCUT2D eigenvalue weighted by Gasteiger charge is 2.43. The summed E-state index contributed by atoms with van der Waals surface area (Å²) in [6.45, 7) is 1.14. The molecule has 42 heavy (non-hydrogen) atoms. The molecule has 4 atom stereocenters. The quantitative estimate of drug-likeness (QED) is 0.188. The van der Waals surface area contributed by atoms with Gasteiger partial charge in [0.05, 0.1) is 38.5 Å².